The van der Waals surface area contributed by atoms with Crippen LogP contribution in [0.2, 0.25) is 0 Å². The lowest BCUT2D eigenvalue weighted by molar-refractivity contribution is 0.714. The Kier molecular flexibility index (Phi) is 8.50. The molecule has 0 bridgehead atoms. The van der Waals surface area contributed by atoms with E-state index < -0.39 is 5.41 Å². The molecule has 0 radical (unpaired) electrons. The van der Waals surface area contributed by atoms with Crippen molar-refractivity contribution in [3.8, 4) is 33.4 Å². The summed E-state index contributed by atoms with van der Waals surface area (Å²) >= 11 is 1.88. The molecule has 0 N–H and O–H groups in total. The summed E-state index contributed by atoms with van der Waals surface area (Å²) in [6.45, 7) is 2.41. The number of benzene rings is 10. The summed E-state index contributed by atoms with van der Waals surface area (Å²) in [6.07, 6.45) is 0. The molecule has 2 aliphatic rings. The van der Waals surface area contributed by atoms with Crippen molar-refractivity contribution in [1.82, 2.24) is 0 Å². The van der Waals surface area contributed by atoms with Crippen LogP contribution < -0.4 is 4.90 Å². The zero-order valence-electron chi connectivity index (χ0n) is 35.9. The minimum Gasteiger partial charge on any atom is -0.310 e. The van der Waals surface area contributed by atoms with E-state index in [1.165, 1.54) is 92.5 Å². The zero-order valence-corrected chi connectivity index (χ0v) is 36.8. The van der Waals surface area contributed by atoms with E-state index in [-0.39, 0.29) is 5.41 Å². The first-order chi connectivity index (χ1) is 32.1. The molecule has 0 saturated carbocycles. The Morgan fingerprint density at radius 2 is 0.908 bits per heavy atom. The van der Waals surface area contributed by atoms with Crippen molar-refractivity contribution in [1.29, 1.82) is 0 Å². The zero-order chi connectivity index (χ0) is 43.1. The quantitative estimate of drug-likeness (QED) is 0.154. The molecule has 2 heteroatoms. The van der Waals surface area contributed by atoms with E-state index in [0.29, 0.717) is 0 Å². The third-order valence-corrected chi connectivity index (χ3v) is 15.7. The van der Waals surface area contributed by atoms with Gasteiger partial charge in [-0.05, 0) is 110 Å². The Balaban J connectivity index is 1.07. The normalized spacial score (nSPS) is 15.3. The SMILES string of the molecule is CC1(c2ccccc2)c2ccccc2-c2ccc(N(c3ccc(-c4cccc5c4sc4ccccc45)cc3)c3cccc4c3-c3ccccc3C4(c3ccccc3)c3ccccc3)cc21. The van der Waals surface area contributed by atoms with Gasteiger partial charge in [0.05, 0.1) is 11.1 Å². The first-order valence-corrected chi connectivity index (χ1v) is 23.4. The predicted octanol–water partition coefficient (Wildman–Crippen LogP) is 16.9. The van der Waals surface area contributed by atoms with Crippen LogP contribution in [0.25, 0.3) is 53.6 Å². The fraction of sp³-hybridized carbons (Fsp3) is 0.0476. The highest BCUT2D eigenvalue weighted by atomic mass is 32.1. The number of hydrogen-bond acceptors (Lipinski definition) is 2. The van der Waals surface area contributed by atoms with Crippen molar-refractivity contribution in [3.63, 3.8) is 0 Å². The molecule has 0 aliphatic heterocycles. The molecule has 65 heavy (non-hydrogen) atoms. The van der Waals surface area contributed by atoms with Gasteiger partial charge in [0.2, 0.25) is 0 Å². The smallest absolute Gasteiger partial charge is 0.0714 e. The first kappa shape index (κ1) is 37.7. The highest BCUT2D eigenvalue weighted by molar-refractivity contribution is 7.26. The molecule has 0 fully saturated rings. The second kappa shape index (κ2) is 14.6. The van der Waals surface area contributed by atoms with Gasteiger partial charge in [-0.25, -0.2) is 0 Å². The number of thiophene rings is 1. The number of hydrogen-bond donors (Lipinski definition) is 0. The maximum atomic E-state index is 2.53. The molecular weight excluding hydrogens is 803 g/mol. The molecule has 10 aromatic carbocycles. The average Bonchev–Trinajstić information content (AvgIpc) is 4.00. The third kappa shape index (κ3) is 5.45. The largest absolute Gasteiger partial charge is 0.310 e. The molecule has 1 aromatic heterocycles. The molecular formula is C63H43NS. The highest BCUT2D eigenvalue weighted by Gasteiger charge is 2.47. The number of rotatable bonds is 7. The van der Waals surface area contributed by atoms with E-state index in [2.05, 4.69) is 254 Å². The molecule has 11 aromatic rings. The fourth-order valence-corrected chi connectivity index (χ4v) is 12.8. The summed E-state index contributed by atoms with van der Waals surface area (Å²) in [5.41, 5.74) is 19.2. The van der Waals surface area contributed by atoms with Crippen LogP contribution in [0.1, 0.15) is 45.9 Å². The van der Waals surface area contributed by atoms with Crippen LogP contribution in [-0.2, 0) is 10.8 Å². The lowest BCUT2D eigenvalue weighted by atomic mass is 9.68. The lowest BCUT2D eigenvalue weighted by Crippen LogP contribution is -2.28. The summed E-state index contributed by atoms with van der Waals surface area (Å²) in [7, 11) is 0. The van der Waals surface area contributed by atoms with Crippen LogP contribution in [0, 0.1) is 0 Å². The van der Waals surface area contributed by atoms with Gasteiger partial charge in [0.1, 0.15) is 0 Å². The number of nitrogens with zero attached hydrogens (tertiary/aromatic N) is 1. The molecule has 0 saturated heterocycles. The van der Waals surface area contributed by atoms with E-state index in [9.17, 15) is 0 Å². The Morgan fingerprint density at radius 1 is 0.369 bits per heavy atom. The Labute approximate surface area is 384 Å². The van der Waals surface area contributed by atoms with Crippen LogP contribution in [0.5, 0.6) is 0 Å². The van der Waals surface area contributed by atoms with E-state index in [4.69, 9.17) is 0 Å². The van der Waals surface area contributed by atoms with Gasteiger partial charge in [-0.3, -0.25) is 0 Å². The monoisotopic (exact) mass is 845 g/mol. The predicted molar refractivity (Wildman–Crippen MR) is 274 cm³/mol. The standard InChI is InChI=1S/C63H43NS/c1-62(43-19-5-2-6-20-43)54-30-14-11-25-49(54)50-40-39-47(41-57(50)62)64(46-37-35-42(36-38-46)48-28-17-29-52-51-26-13-16-34-59(51)65-61(48)52)58-33-18-32-56-60(58)53-27-12-15-31-55(53)63(56,44-21-7-3-8-22-44)45-23-9-4-10-24-45/h2-41H,1H3. The van der Waals surface area contributed by atoms with Gasteiger partial charge >= 0.3 is 0 Å². The van der Waals surface area contributed by atoms with Gasteiger partial charge in [-0.2, -0.15) is 0 Å². The Hall–Kier alpha value is -7.78. The van der Waals surface area contributed by atoms with Crippen molar-refractivity contribution in [3.05, 3.63) is 282 Å². The van der Waals surface area contributed by atoms with Crippen LogP contribution in [-0.4, -0.2) is 0 Å². The summed E-state index contributed by atoms with van der Waals surface area (Å²) in [6, 6.07) is 90.4. The van der Waals surface area contributed by atoms with Crippen molar-refractivity contribution in [2.24, 2.45) is 0 Å². The van der Waals surface area contributed by atoms with E-state index >= 15 is 0 Å². The molecule has 0 spiro atoms. The van der Waals surface area contributed by atoms with E-state index in [1.54, 1.807) is 0 Å². The molecule has 1 atom stereocenters. The van der Waals surface area contributed by atoms with Gasteiger partial charge in [0.25, 0.3) is 0 Å². The van der Waals surface area contributed by atoms with Crippen molar-refractivity contribution in [2.75, 3.05) is 4.90 Å². The second-order valence-corrected chi connectivity index (χ2v) is 18.7. The van der Waals surface area contributed by atoms with Crippen LogP contribution in [0.4, 0.5) is 17.1 Å². The average molecular weight is 846 g/mol. The molecule has 0 amide bonds. The molecule has 2 aliphatic carbocycles. The molecule has 1 nitrogen and oxygen atoms in total. The van der Waals surface area contributed by atoms with Crippen LogP contribution in [0.15, 0.2) is 243 Å². The fourth-order valence-electron chi connectivity index (χ4n) is 11.6. The molecule has 306 valence electrons. The second-order valence-electron chi connectivity index (χ2n) is 17.7. The minimum atomic E-state index is -0.519. The highest BCUT2D eigenvalue weighted by Crippen LogP contribution is 2.60. The third-order valence-electron chi connectivity index (χ3n) is 14.4. The number of fused-ring (bicyclic) bond motifs is 9. The minimum absolute atomic E-state index is 0.345. The van der Waals surface area contributed by atoms with Crippen LogP contribution in [0.3, 0.4) is 0 Å². The van der Waals surface area contributed by atoms with Gasteiger partial charge in [0.15, 0.2) is 0 Å². The van der Waals surface area contributed by atoms with Gasteiger partial charge in [-0.1, -0.05) is 206 Å². The summed E-state index contributed by atoms with van der Waals surface area (Å²) < 4.78 is 2.65. The summed E-state index contributed by atoms with van der Waals surface area (Å²) in [5, 5.41) is 2.63. The van der Waals surface area contributed by atoms with Crippen molar-refractivity contribution in [2.45, 2.75) is 17.8 Å². The summed E-state index contributed by atoms with van der Waals surface area (Å²) in [4.78, 5) is 2.53. The first-order valence-electron chi connectivity index (χ1n) is 22.6. The summed E-state index contributed by atoms with van der Waals surface area (Å²) in [5.74, 6) is 0. The van der Waals surface area contributed by atoms with E-state index in [1.807, 2.05) is 11.3 Å². The lowest BCUT2D eigenvalue weighted by Gasteiger charge is -2.34. The van der Waals surface area contributed by atoms with Gasteiger partial charge in [-0.15, -0.1) is 11.3 Å². The number of anilines is 3. The van der Waals surface area contributed by atoms with E-state index in [0.717, 1.165) is 17.1 Å². The maximum Gasteiger partial charge on any atom is 0.0714 e. The van der Waals surface area contributed by atoms with Crippen molar-refractivity contribution < 1.29 is 0 Å². The Bertz CT molecular complexity index is 3570. The van der Waals surface area contributed by atoms with Gasteiger partial charge < -0.3 is 4.90 Å². The topological polar surface area (TPSA) is 3.24 Å². The molecule has 13 rings (SSSR count). The maximum absolute atomic E-state index is 2.53. The molecule has 1 heterocycles. The van der Waals surface area contributed by atoms with Crippen molar-refractivity contribution >= 4 is 48.6 Å². The Morgan fingerprint density at radius 3 is 1.65 bits per heavy atom. The van der Waals surface area contributed by atoms with Gasteiger partial charge in [0, 0.05) is 42.5 Å². The van der Waals surface area contributed by atoms with Crippen LogP contribution >= 0.6 is 11.3 Å². The molecule has 1 unspecified atom stereocenters.